The zero-order valence-electron chi connectivity index (χ0n) is 8.09. The number of benzene rings is 1. The van der Waals surface area contributed by atoms with Crippen molar-refractivity contribution in [2.45, 2.75) is 0 Å². The minimum Gasteiger partial charge on any atom is -0.476 e. The van der Waals surface area contributed by atoms with E-state index in [9.17, 15) is 4.79 Å². The molecule has 5 heteroatoms. The molecule has 4 nitrogen and oxygen atoms in total. The summed E-state index contributed by atoms with van der Waals surface area (Å²) in [6.45, 7) is 0. The summed E-state index contributed by atoms with van der Waals surface area (Å²) in [5.41, 5.74) is 1.31. The number of rotatable bonds is 2. The molecule has 0 aliphatic heterocycles. The van der Waals surface area contributed by atoms with E-state index in [1.165, 1.54) is 12.5 Å². The van der Waals surface area contributed by atoms with Gasteiger partial charge in [-0.3, -0.25) is 0 Å². The number of hydrogen-bond acceptors (Lipinski definition) is 3. The number of aromatic carboxylic acids is 1. The number of carboxylic acid groups (broad SMARTS) is 1. The lowest BCUT2D eigenvalue weighted by atomic mass is 10.1. The van der Waals surface area contributed by atoms with E-state index >= 15 is 0 Å². The van der Waals surface area contributed by atoms with Crippen LogP contribution >= 0.6 is 15.9 Å². The highest BCUT2D eigenvalue weighted by atomic mass is 79.9. The molecule has 0 fully saturated rings. The van der Waals surface area contributed by atoms with Crippen LogP contribution in [0.2, 0.25) is 0 Å². The van der Waals surface area contributed by atoms with Crippen molar-refractivity contribution in [2.75, 3.05) is 0 Å². The molecular weight excluding hydrogens is 272 g/mol. The second-order valence-corrected chi connectivity index (χ2v) is 4.01. The molecule has 1 N–H and O–H groups in total. The molecule has 1 heterocycles. The molecule has 0 bridgehead atoms. The Kier molecular flexibility index (Phi) is 2.96. The quantitative estimate of drug-likeness (QED) is 0.917. The van der Waals surface area contributed by atoms with Gasteiger partial charge in [0.15, 0.2) is 5.69 Å². The van der Waals surface area contributed by atoms with Gasteiger partial charge in [0.1, 0.15) is 6.33 Å². The van der Waals surface area contributed by atoms with Gasteiger partial charge in [-0.05, 0) is 17.7 Å². The Labute approximate surface area is 100 Å². The summed E-state index contributed by atoms with van der Waals surface area (Å²) in [6.07, 6.45) is 2.73. The van der Waals surface area contributed by atoms with E-state index in [0.29, 0.717) is 5.56 Å². The fraction of sp³-hybridized carbons (Fsp3) is 0. The maximum atomic E-state index is 11.0. The first kappa shape index (κ1) is 10.8. The molecule has 0 aliphatic rings. The zero-order chi connectivity index (χ0) is 11.5. The molecular formula is C11H7BrN2O2. The first-order chi connectivity index (χ1) is 7.68. The van der Waals surface area contributed by atoms with Crippen molar-refractivity contribution in [1.29, 1.82) is 0 Å². The van der Waals surface area contributed by atoms with Crippen LogP contribution in [0.1, 0.15) is 10.5 Å². The lowest BCUT2D eigenvalue weighted by Gasteiger charge is -2.04. The van der Waals surface area contributed by atoms with Crippen LogP contribution in [-0.2, 0) is 0 Å². The van der Waals surface area contributed by atoms with Gasteiger partial charge >= 0.3 is 5.97 Å². The van der Waals surface area contributed by atoms with E-state index in [2.05, 4.69) is 25.9 Å². The van der Waals surface area contributed by atoms with E-state index in [0.717, 1.165) is 10.0 Å². The fourth-order valence-electron chi connectivity index (χ4n) is 1.34. The van der Waals surface area contributed by atoms with Gasteiger partial charge in [0.2, 0.25) is 0 Å². The third kappa shape index (κ3) is 2.09. The number of carbonyl (C=O) groups is 1. The van der Waals surface area contributed by atoms with E-state index < -0.39 is 5.97 Å². The van der Waals surface area contributed by atoms with Crippen LogP contribution in [0.5, 0.6) is 0 Å². The summed E-state index contributed by atoms with van der Waals surface area (Å²) >= 11 is 3.32. The van der Waals surface area contributed by atoms with E-state index in [1.54, 1.807) is 0 Å². The molecule has 0 aliphatic carbocycles. The molecule has 0 unspecified atom stereocenters. The molecule has 16 heavy (non-hydrogen) atoms. The molecule has 0 radical (unpaired) electrons. The zero-order valence-corrected chi connectivity index (χ0v) is 9.68. The van der Waals surface area contributed by atoms with Gasteiger partial charge in [0, 0.05) is 16.2 Å². The number of carboxylic acids is 1. The molecule has 0 saturated heterocycles. The standard InChI is InChI=1S/C11H7BrN2O2/c12-8-3-1-7(2-4-8)9-5-13-6-14-10(9)11(15)16/h1-6H,(H,15,16). The Bertz CT molecular complexity index is 526. The number of nitrogens with zero attached hydrogens (tertiary/aromatic N) is 2. The predicted molar refractivity (Wildman–Crippen MR) is 62.1 cm³/mol. The van der Waals surface area contributed by atoms with Crippen LogP contribution in [0.3, 0.4) is 0 Å². The van der Waals surface area contributed by atoms with Crippen LogP contribution in [0, 0.1) is 0 Å². The predicted octanol–water partition coefficient (Wildman–Crippen LogP) is 2.60. The molecule has 2 aromatic rings. The van der Waals surface area contributed by atoms with Crippen LogP contribution in [0.4, 0.5) is 0 Å². The van der Waals surface area contributed by atoms with Crippen molar-refractivity contribution < 1.29 is 9.90 Å². The van der Waals surface area contributed by atoms with Gasteiger partial charge < -0.3 is 5.11 Å². The number of aromatic nitrogens is 2. The number of halogens is 1. The van der Waals surface area contributed by atoms with Crippen molar-refractivity contribution in [2.24, 2.45) is 0 Å². The normalized spacial score (nSPS) is 10.1. The minimum absolute atomic E-state index is 0.0114. The van der Waals surface area contributed by atoms with E-state index in [1.807, 2.05) is 24.3 Å². The largest absolute Gasteiger partial charge is 0.476 e. The van der Waals surface area contributed by atoms with Crippen molar-refractivity contribution in [3.05, 3.63) is 47.0 Å². The van der Waals surface area contributed by atoms with Crippen LogP contribution in [-0.4, -0.2) is 21.0 Å². The summed E-state index contributed by atoms with van der Waals surface area (Å²) in [5, 5.41) is 8.98. The van der Waals surface area contributed by atoms with Crippen LogP contribution < -0.4 is 0 Å². The molecule has 0 saturated carbocycles. The molecule has 1 aromatic carbocycles. The van der Waals surface area contributed by atoms with Gasteiger partial charge in [-0.25, -0.2) is 14.8 Å². The molecule has 80 valence electrons. The molecule has 1 aromatic heterocycles. The maximum absolute atomic E-state index is 11.0. The fourth-order valence-corrected chi connectivity index (χ4v) is 1.61. The Morgan fingerprint density at radius 2 is 1.94 bits per heavy atom. The van der Waals surface area contributed by atoms with Gasteiger partial charge in [-0.2, -0.15) is 0 Å². The van der Waals surface area contributed by atoms with Crippen molar-refractivity contribution >= 4 is 21.9 Å². The second kappa shape index (κ2) is 4.40. The Morgan fingerprint density at radius 1 is 1.25 bits per heavy atom. The highest BCUT2D eigenvalue weighted by Gasteiger charge is 2.12. The summed E-state index contributed by atoms with van der Waals surface area (Å²) in [6, 6.07) is 7.31. The van der Waals surface area contributed by atoms with Crippen molar-refractivity contribution in [3.63, 3.8) is 0 Å². The third-order valence-electron chi connectivity index (χ3n) is 2.07. The average molecular weight is 279 g/mol. The van der Waals surface area contributed by atoms with Crippen molar-refractivity contribution in [1.82, 2.24) is 9.97 Å². The molecule has 2 rings (SSSR count). The first-order valence-corrected chi connectivity index (χ1v) is 5.27. The first-order valence-electron chi connectivity index (χ1n) is 4.47. The molecule has 0 amide bonds. The highest BCUT2D eigenvalue weighted by molar-refractivity contribution is 9.10. The lowest BCUT2D eigenvalue weighted by Crippen LogP contribution is -2.03. The highest BCUT2D eigenvalue weighted by Crippen LogP contribution is 2.23. The minimum atomic E-state index is -1.06. The monoisotopic (exact) mass is 278 g/mol. The smallest absolute Gasteiger partial charge is 0.355 e. The Hall–Kier alpha value is -1.75. The topological polar surface area (TPSA) is 63.1 Å². The SMILES string of the molecule is O=C(O)c1ncncc1-c1ccc(Br)cc1. The van der Waals surface area contributed by atoms with Gasteiger partial charge in [-0.1, -0.05) is 28.1 Å². The summed E-state index contributed by atoms with van der Waals surface area (Å²) in [7, 11) is 0. The molecule has 0 atom stereocenters. The Balaban J connectivity index is 2.55. The van der Waals surface area contributed by atoms with E-state index in [-0.39, 0.29) is 5.69 Å². The summed E-state index contributed by atoms with van der Waals surface area (Å²) in [5.74, 6) is -1.06. The van der Waals surface area contributed by atoms with E-state index in [4.69, 9.17) is 5.11 Å². The maximum Gasteiger partial charge on any atom is 0.355 e. The lowest BCUT2D eigenvalue weighted by molar-refractivity contribution is 0.0691. The van der Waals surface area contributed by atoms with Gasteiger partial charge in [-0.15, -0.1) is 0 Å². The molecule has 0 spiro atoms. The second-order valence-electron chi connectivity index (χ2n) is 3.10. The van der Waals surface area contributed by atoms with Crippen LogP contribution in [0.15, 0.2) is 41.3 Å². The summed E-state index contributed by atoms with van der Waals surface area (Å²) < 4.78 is 0.935. The summed E-state index contributed by atoms with van der Waals surface area (Å²) in [4.78, 5) is 18.6. The third-order valence-corrected chi connectivity index (χ3v) is 2.60. The number of hydrogen-bond donors (Lipinski definition) is 1. The van der Waals surface area contributed by atoms with Crippen LogP contribution in [0.25, 0.3) is 11.1 Å². The van der Waals surface area contributed by atoms with Crippen molar-refractivity contribution in [3.8, 4) is 11.1 Å². The average Bonchev–Trinajstić information content (AvgIpc) is 2.30. The van der Waals surface area contributed by atoms with Gasteiger partial charge in [0.05, 0.1) is 0 Å². The van der Waals surface area contributed by atoms with Gasteiger partial charge in [0.25, 0.3) is 0 Å². The Morgan fingerprint density at radius 3 is 2.56 bits per heavy atom.